The second kappa shape index (κ2) is 22.8. The van der Waals surface area contributed by atoms with E-state index in [1.54, 1.807) is 56.7 Å². The highest BCUT2D eigenvalue weighted by Crippen LogP contribution is 2.39. The number of carbonyl (C=O) groups excluding carboxylic acids is 4. The van der Waals surface area contributed by atoms with Gasteiger partial charge in [-0.15, -0.1) is 32.8 Å². The fraction of sp³-hybridized carbons (Fsp3) is 0.368. The summed E-state index contributed by atoms with van der Waals surface area (Å²) in [6, 6.07) is 21.1. The molecule has 11 rings (SSSR count). The van der Waals surface area contributed by atoms with E-state index in [0.29, 0.717) is 54.0 Å². The molecule has 4 amide bonds. The van der Waals surface area contributed by atoms with E-state index in [2.05, 4.69) is 20.4 Å². The summed E-state index contributed by atoms with van der Waals surface area (Å²) in [7, 11) is 0. The van der Waals surface area contributed by atoms with E-state index >= 15 is 0 Å². The monoisotopic (exact) mass is 1150 g/mol. The summed E-state index contributed by atoms with van der Waals surface area (Å²) in [6.07, 6.45) is 5.65. The average molecular weight is 1150 g/mol. The smallest absolute Gasteiger partial charge is 0.274 e. The van der Waals surface area contributed by atoms with Crippen molar-refractivity contribution in [3.8, 4) is 32.6 Å². The summed E-state index contributed by atoms with van der Waals surface area (Å²) in [4.78, 5) is 88.9. The highest BCUT2D eigenvalue weighted by Gasteiger charge is 2.51. The first kappa shape index (κ1) is 57.0. The number of amides is 4. The van der Waals surface area contributed by atoms with Crippen LogP contribution in [0.1, 0.15) is 102 Å². The van der Waals surface area contributed by atoms with Crippen molar-refractivity contribution in [3.05, 3.63) is 161 Å². The summed E-state index contributed by atoms with van der Waals surface area (Å²) >= 11 is 2.40. The topological polar surface area (TPSA) is 206 Å². The molecular weight excluding hydrogens is 1090 g/mol. The number of nitrogens with zero attached hydrogens (tertiary/aromatic N) is 10. The number of aromatic hydroxyl groups is 1. The van der Waals surface area contributed by atoms with Crippen molar-refractivity contribution in [1.29, 1.82) is 0 Å². The number of likely N-dealkylation sites (tertiary alicyclic amines) is 2. The van der Waals surface area contributed by atoms with Crippen LogP contribution in [0.3, 0.4) is 0 Å². The largest absolute Gasteiger partial charge is 0.503 e. The van der Waals surface area contributed by atoms with Gasteiger partial charge in [0, 0.05) is 63.5 Å². The van der Waals surface area contributed by atoms with Crippen molar-refractivity contribution in [2.45, 2.75) is 97.0 Å². The SMILES string of the molecule is CC(C)N1C[C@](C)(C(=O)N2CCC2)n2cc(-c3nnc(Cc4ccc(F)cc4)s3)c(=O)c(O)c2C1=O.CC(C)N1C[C@](C)(C(=O)N2CCC2)n2cc(-c3nnc(Cc4ccc(F)cc4)s3)c(=O)c(OCc3ccccc3)c2C1=O.Cl. The van der Waals surface area contributed by atoms with Crippen LogP contribution in [0.2, 0.25) is 0 Å². The van der Waals surface area contributed by atoms with Crippen molar-refractivity contribution in [3.63, 3.8) is 0 Å². The van der Waals surface area contributed by atoms with Crippen LogP contribution in [0.15, 0.2) is 101 Å². The Balaban J connectivity index is 0.000000194. The molecule has 3 aromatic carbocycles. The third kappa shape index (κ3) is 10.7. The number of fused-ring (bicyclic) bond motifs is 2. The van der Waals surface area contributed by atoms with Crippen LogP contribution in [-0.4, -0.2) is 129 Å². The summed E-state index contributed by atoms with van der Waals surface area (Å²) in [5.41, 5.74) is -1.01. The van der Waals surface area contributed by atoms with Crippen molar-refractivity contribution in [2.24, 2.45) is 0 Å². The maximum Gasteiger partial charge on any atom is 0.274 e. The lowest BCUT2D eigenvalue weighted by Crippen LogP contribution is -2.63. The number of carbonyl (C=O) groups is 4. The van der Waals surface area contributed by atoms with Gasteiger partial charge >= 0.3 is 0 Å². The third-order valence-corrected chi connectivity index (χ3v) is 16.8. The van der Waals surface area contributed by atoms with Crippen molar-refractivity contribution in [1.82, 2.24) is 49.1 Å². The summed E-state index contributed by atoms with van der Waals surface area (Å²) in [5, 5.41) is 29.7. The van der Waals surface area contributed by atoms with Gasteiger partial charge in [-0.1, -0.05) is 77.3 Å². The first-order valence-corrected chi connectivity index (χ1v) is 27.7. The zero-order chi connectivity index (χ0) is 56.1. The van der Waals surface area contributed by atoms with Gasteiger partial charge in [-0.3, -0.25) is 28.8 Å². The second-order valence-corrected chi connectivity index (χ2v) is 23.3. The molecule has 2 saturated heterocycles. The molecule has 18 nitrogen and oxygen atoms in total. The Kier molecular flexibility index (Phi) is 16.3. The molecule has 4 aliphatic heterocycles. The minimum Gasteiger partial charge on any atom is -0.503 e. The molecule has 0 aliphatic carbocycles. The Morgan fingerprint density at radius 2 is 1.04 bits per heavy atom. The van der Waals surface area contributed by atoms with Gasteiger partial charge in [-0.25, -0.2) is 8.78 Å². The molecule has 1 N–H and O–H groups in total. The van der Waals surface area contributed by atoms with Gasteiger partial charge < -0.3 is 38.6 Å². The number of hydrogen-bond donors (Lipinski definition) is 1. The Labute approximate surface area is 473 Å². The second-order valence-electron chi connectivity index (χ2n) is 21.1. The highest BCUT2D eigenvalue weighted by molar-refractivity contribution is 7.15. The number of aromatic nitrogens is 6. The summed E-state index contributed by atoms with van der Waals surface area (Å²) in [6.45, 7) is 13.9. The van der Waals surface area contributed by atoms with Gasteiger partial charge in [0.1, 0.15) is 39.3 Å². The molecule has 0 unspecified atom stereocenters. The summed E-state index contributed by atoms with van der Waals surface area (Å²) < 4.78 is 35.9. The van der Waals surface area contributed by atoms with Crippen LogP contribution in [0.5, 0.6) is 11.5 Å². The average Bonchev–Trinajstić information content (AvgIpc) is 4.07. The maximum absolute atomic E-state index is 14.2. The fourth-order valence-electron chi connectivity index (χ4n) is 10.1. The fourth-order valence-corrected chi connectivity index (χ4v) is 11.9. The zero-order valence-corrected chi connectivity index (χ0v) is 47.3. The lowest BCUT2D eigenvalue weighted by Gasteiger charge is -2.47. The van der Waals surface area contributed by atoms with Crippen LogP contribution in [0.4, 0.5) is 8.78 Å². The molecule has 0 saturated carbocycles. The molecule has 8 heterocycles. The molecule has 418 valence electrons. The molecule has 80 heavy (non-hydrogen) atoms. The molecule has 4 aromatic heterocycles. The normalized spacial score (nSPS) is 18.4. The van der Waals surface area contributed by atoms with Gasteiger partial charge in [0.15, 0.2) is 32.9 Å². The molecule has 0 radical (unpaired) electrons. The third-order valence-electron chi connectivity index (χ3n) is 14.9. The Bertz CT molecular complexity index is 3620. The van der Waals surface area contributed by atoms with E-state index < -0.39 is 33.6 Å². The zero-order valence-electron chi connectivity index (χ0n) is 44.9. The van der Waals surface area contributed by atoms with Gasteiger partial charge in [0.05, 0.1) is 24.2 Å². The molecule has 23 heteroatoms. The van der Waals surface area contributed by atoms with E-state index in [-0.39, 0.29) is 107 Å². The predicted octanol–water partition coefficient (Wildman–Crippen LogP) is 7.52. The molecular formula is C57H59ClF2N10O8S2. The van der Waals surface area contributed by atoms with Crippen LogP contribution in [-0.2, 0) is 40.1 Å². The molecule has 2 atom stereocenters. The van der Waals surface area contributed by atoms with Gasteiger partial charge in [0.2, 0.25) is 22.7 Å². The molecule has 4 aliphatic rings. The summed E-state index contributed by atoms with van der Waals surface area (Å²) in [5.74, 6) is -2.65. The van der Waals surface area contributed by atoms with E-state index in [0.717, 1.165) is 40.9 Å². The number of pyridine rings is 2. The van der Waals surface area contributed by atoms with E-state index in [9.17, 15) is 42.7 Å². The Hall–Kier alpha value is -7.69. The standard InChI is InChI=1S/C32H32FN5O4S.C25H26FN5O4S.ClH/c1-20(2)37-19-32(3,31(41)36-14-7-15-36)38-17-24(29-35-34-25(43-29)16-21-10-12-23(33)13-11-21)27(39)28(26(38)30(37)40)42-18-22-8-5-4-6-9-22;1-14(2)30-13-25(3,24(35)29-9-4-10-29)31-12-17(20(32)21(33)19(31)23(30)34)22-28-27-18(36-22)11-15-5-7-16(26)8-6-15;/h4-6,8-13,17,20H,7,14-16,18-19H2,1-3H3;5-8,12,14,33H,4,9-11,13H2,1-3H3;1H/t32-;25-;/m11./s1. The number of hydrogen-bond acceptors (Lipinski definition) is 14. The van der Waals surface area contributed by atoms with E-state index in [1.165, 1.54) is 51.3 Å². The number of ether oxygens (including phenoxy) is 1. The molecule has 7 aromatic rings. The van der Waals surface area contributed by atoms with Gasteiger partial charge in [-0.05, 0) is 95.3 Å². The Morgan fingerprint density at radius 1 is 0.613 bits per heavy atom. The van der Waals surface area contributed by atoms with Crippen LogP contribution < -0.4 is 15.6 Å². The lowest BCUT2D eigenvalue weighted by molar-refractivity contribution is -0.146. The van der Waals surface area contributed by atoms with Crippen molar-refractivity contribution < 1.29 is 37.8 Å². The Morgan fingerprint density at radius 3 is 1.46 bits per heavy atom. The molecule has 0 bridgehead atoms. The van der Waals surface area contributed by atoms with Crippen LogP contribution in [0, 0.1) is 11.6 Å². The van der Waals surface area contributed by atoms with Crippen molar-refractivity contribution >= 4 is 58.7 Å². The number of rotatable bonds is 13. The lowest BCUT2D eigenvalue weighted by atomic mass is 9.91. The maximum atomic E-state index is 14.2. The highest BCUT2D eigenvalue weighted by atomic mass is 35.5. The molecule has 0 spiro atoms. The molecule has 2 fully saturated rings. The van der Waals surface area contributed by atoms with Gasteiger partial charge in [0.25, 0.3) is 11.8 Å². The number of benzene rings is 3. The van der Waals surface area contributed by atoms with Crippen LogP contribution in [0.25, 0.3) is 21.1 Å². The van der Waals surface area contributed by atoms with Crippen LogP contribution >= 0.6 is 35.1 Å². The first-order chi connectivity index (χ1) is 37.7. The first-order valence-electron chi connectivity index (χ1n) is 26.1. The van der Waals surface area contributed by atoms with E-state index in [1.807, 2.05) is 65.0 Å². The van der Waals surface area contributed by atoms with E-state index in [4.69, 9.17) is 4.74 Å². The minimum atomic E-state index is -1.21. The number of halogens is 3. The predicted molar refractivity (Wildman–Crippen MR) is 299 cm³/mol. The quantitative estimate of drug-likeness (QED) is 0.119. The van der Waals surface area contributed by atoms with Crippen molar-refractivity contribution in [2.75, 3.05) is 39.3 Å². The van der Waals surface area contributed by atoms with Gasteiger partial charge in [-0.2, -0.15) is 0 Å². The minimum absolute atomic E-state index is 0.